The Morgan fingerprint density at radius 1 is 1.04 bits per heavy atom. The second-order valence-corrected chi connectivity index (χ2v) is 8.50. The Kier molecular flexibility index (Phi) is 5.22. The van der Waals surface area contributed by atoms with Crippen LogP contribution in [0.15, 0.2) is 42.5 Å². The smallest absolute Gasteiger partial charge is 0.255 e. The molecule has 8 heteroatoms. The van der Waals surface area contributed by atoms with Gasteiger partial charge >= 0.3 is 0 Å². The molecule has 1 heterocycles. The molecule has 0 aromatic heterocycles. The fourth-order valence-electron chi connectivity index (χ4n) is 2.65. The van der Waals surface area contributed by atoms with Crippen LogP contribution in [0.2, 0.25) is 10.0 Å². The average Bonchev–Trinajstić information content (AvgIpc) is 2.59. The Morgan fingerprint density at radius 2 is 1.76 bits per heavy atom. The van der Waals surface area contributed by atoms with Gasteiger partial charge in [0.05, 0.1) is 27.2 Å². The Hall–Kier alpha value is -1.76. The molecule has 0 bridgehead atoms. The van der Waals surface area contributed by atoms with Crippen molar-refractivity contribution in [1.29, 1.82) is 0 Å². The zero-order valence-corrected chi connectivity index (χ0v) is 15.5. The molecule has 2 aromatic carbocycles. The van der Waals surface area contributed by atoms with Crippen molar-refractivity contribution in [3.05, 3.63) is 58.1 Å². The molecule has 25 heavy (non-hydrogen) atoms. The summed E-state index contributed by atoms with van der Waals surface area (Å²) >= 11 is 12.0. The van der Waals surface area contributed by atoms with E-state index in [2.05, 4.69) is 5.32 Å². The molecule has 2 aromatic rings. The number of benzene rings is 2. The van der Waals surface area contributed by atoms with Crippen molar-refractivity contribution >= 4 is 50.5 Å². The number of carbonyl (C=O) groups excluding carboxylic acids is 1. The third-order valence-electron chi connectivity index (χ3n) is 3.97. The molecule has 1 fully saturated rings. The topological polar surface area (TPSA) is 66.5 Å². The number of rotatable bonds is 3. The van der Waals surface area contributed by atoms with E-state index in [1.165, 1.54) is 4.31 Å². The van der Waals surface area contributed by atoms with Crippen molar-refractivity contribution in [1.82, 2.24) is 0 Å². The summed E-state index contributed by atoms with van der Waals surface area (Å²) in [7, 11) is -3.27. The molecule has 0 spiro atoms. The number of hydrogen-bond acceptors (Lipinski definition) is 3. The summed E-state index contributed by atoms with van der Waals surface area (Å²) < 4.78 is 25.7. The van der Waals surface area contributed by atoms with Gasteiger partial charge in [-0.3, -0.25) is 9.10 Å². The fourth-order valence-corrected chi connectivity index (χ4v) is 4.64. The van der Waals surface area contributed by atoms with Crippen molar-refractivity contribution in [2.75, 3.05) is 21.9 Å². The molecular formula is C17H16Cl2N2O3S. The molecule has 1 saturated heterocycles. The van der Waals surface area contributed by atoms with Crippen molar-refractivity contribution in [3.8, 4) is 0 Å². The third kappa shape index (κ3) is 3.92. The second kappa shape index (κ2) is 7.23. The van der Waals surface area contributed by atoms with Crippen molar-refractivity contribution in [2.45, 2.75) is 12.8 Å². The quantitative estimate of drug-likeness (QED) is 0.842. The van der Waals surface area contributed by atoms with Crippen LogP contribution in [0.4, 0.5) is 11.4 Å². The zero-order valence-electron chi connectivity index (χ0n) is 13.2. The summed E-state index contributed by atoms with van der Waals surface area (Å²) in [5.41, 5.74) is 1.38. The van der Waals surface area contributed by atoms with Gasteiger partial charge in [-0.2, -0.15) is 0 Å². The monoisotopic (exact) mass is 398 g/mol. The lowest BCUT2D eigenvalue weighted by Gasteiger charge is -2.28. The predicted molar refractivity (Wildman–Crippen MR) is 101 cm³/mol. The normalized spacial score (nSPS) is 16.5. The molecule has 1 N–H and O–H groups in total. The molecule has 0 atom stereocenters. The molecule has 0 radical (unpaired) electrons. The third-order valence-corrected chi connectivity index (χ3v) is 6.65. The highest BCUT2D eigenvalue weighted by molar-refractivity contribution is 7.92. The number of hydrogen-bond donors (Lipinski definition) is 1. The van der Waals surface area contributed by atoms with Crippen LogP contribution in [-0.2, 0) is 10.0 Å². The molecule has 1 aliphatic heterocycles. The molecule has 1 aliphatic rings. The number of sulfonamides is 1. The van der Waals surface area contributed by atoms with Crippen LogP contribution in [-0.4, -0.2) is 26.6 Å². The van der Waals surface area contributed by atoms with Gasteiger partial charge in [0.25, 0.3) is 5.91 Å². The minimum absolute atomic E-state index is 0.155. The lowest BCUT2D eigenvalue weighted by molar-refractivity contribution is 0.102. The van der Waals surface area contributed by atoms with Gasteiger partial charge in [-0.15, -0.1) is 0 Å². The van der Waals surface area contributed by atoms with Crippen molar-refractivity contribution in [2.24, 2.45) is 0 Å². The maximum Gasteiger partial charge on any atom is 0.255 e. The van der Waals surface area contributed by atoms with Crippen LogP contribution in [0.25, 0.3) is 0 Å². The Bertz CT molecular complexity index is 899. The maximum absolute atomic E-state index is 12.3. The van der Waals surface area contributed by atoms with E-state index in [1.54, 1.807) is 42.5 Å². The molecule has 3 rings (SSSR count). The predicted octanol–water partition coefficient (Wildman–Crippen LogP) is 4.18. The van der Waals surface area contributed by atoms with Crippen LogP contribution in [0.1, 0.15) is 23.2 Å². The first kappa shape index (κ1) is 18.0. The Labute approximate surface area is 156 Å². The number of halogens is 2. The maximum atomic E-state index is 12.3. The number of nitrogens with one attached hydrogen (secondary N) is 1. The molecular weight excluding hydrogens is 383 g/mol. The van der Waals surface area contributed by atoms with Crippen LogP contribution in [0, 0.1) is 0 Å². The van der Waals surface area contributed by atoms with Gasteiger partial charge in [0.2, 0.25) is 10.0 Å². The van der Waals surface area contributed by atoms with Crippen molar-refractivity contribution in [3.63, 3.8) is 0 Å². The number of nitrogens with zero attached hydrogens (tertiary/aromatic N) is 1. The van der Waals surface area contributed by atoms with Crippen LogP contribution >= 0.6 is 23.2 Å². The average molecular weight is 399 g/mol. The van der Waals surface area contributed by atoms with Crippen LogP contribution < -0.4 is 9.62 Å². The summed E-state index contributed by atoms with van der Waals surface area (Å²) in [5.74, 6) is -0.195. The van der Waals surface area contributed by atoms with E-state index in [1.807, 2.05) is 0 Å². The highest BCUT2D eigenvalue weighted by Crippen LogP contribution is 2.30. The van der Waals surface area contributed by atoms with Gasteiger partial charge in [0, 0.05) is 12.1 Å². The Balaban J connectivity index is 1.78. The van der Waals surface area contributed by atoms with E-state index < -0.39 is 10.0 Å². The van der Waals surface area contributed by atoms with E-state index in [4.69, 9.17) is 23.2 Å². The first-order valence-electron chi connectivity index (χ1n) is 7.74. The van der Waals surface area contributed by atoms with Gasteiger partial charge in [-0.1, -0.05) is 29.3 Å². The fraction of sp³-hybridized carbons (Fsp3) is 0.235. The molecule has 0 saturated carbocycles. The van der Waals surface area contributed by atoms with Gasteiger partial charge in [0.1, 0.15) is 0 Å². The highest BCUT2D eigenvalue weighted by atomic mass is 35.5. The van der Waals surface area contributed by atoms with Crippen LogP contribution in [0.5, 0.6) is 0 Å². The number of anilines is 2. The SMILES string of the molecule is O=C(Nc1cccc(Cl)c1Cl)c1ccc(N2CCCCS2(=O)=O)cc1. The van der Waals surface area contributed by atoms with Crippen LogP contribution in [0.3, 0.4) is 0 Å². The van der Waals surface area contributed by atoms with Crippen molar-refractivity contribution < 1.29 is 13.2 Å². The Morgan fingerprint density at radius 3 is 2.44 bits per heavy atom. The molecule has 0 aliphatic carbocycles. The minimum atomic E-state index is -3.27. The molecule has 5 nitrogen and oxygen atoms in total. The van der Waals surface area contributed by atoms with E-state index >= 15 is 0 Å². The minimum Gasteiger partial charge on any atom is -0.321 e. The zero-order chi connectivity index (χ0) is 18.0. The molecule has 0 unspecified atom stereocenters. The van der Waals surface area contributed by atoms with Gasteiger partial charge in [-0.05, 0) is 49.2 Å². The summed E-state index contributed by atoms with van der Waals surface area (Å²) in [5, 5.41) is 3.32. The molecule has 1 amide bonds. The summed E-state index contributed by atoms with van der Waals surface area (Å²) in [6, 6.07) is 11.4. The first-order valence-corrected chi connectivity index (χ1v) is 10.1. The number of amides is 1. The standard InChI is InChI=1S/C17H16Cl2N2O3S/c18-14-4-3-5-15(16(14)19)20-17(22)12-6-8-13(9-7-12)21-10-1-2-11-25(21,23)24/h3-9H,1-2,10-11H2,(H,20,22). The number of carbonyl (C=O) groups is 1. The van der Waals surface area contributed by atoms with Gasteiger partial charge in [-0.25, -0.2) is 8.42 Å². The summed E-state index contributed by atoms with van der Waals surface area (Å²) in [6.45, 7) is 0.464. The van der Waals surface area contributed by atoms with E-state index in [0.717, 1.165) is 6.42 Å². The first-order chi connectivity index (χ1) is 11.9. The van der Waals surface area contributed by atoms with Gasteiger partial charge < -0.3 is 5.32 Å². The lowest BCUT2D eigenvalue weighted by Crippen LogP contribution is -2.37. The van der Waals surface area contributed by atoms with Gasteiger partial charge in [0.15, 0.2) is 0 Å². The van der Waals surface area contributed by atoms with E-state index in [9.17, 15) is 13.2 Å². The van der Waals surface area contributed by atoms with E-state index in [-0.39, 0.29) is 16.7 Å². The summed E-state index contributed by atoms with van der Waals surface area (Å²) in [6.07, 6.45) is 1.51. The largest absolute Gasteiger partial charge is 0.321 e. The lowest BCUT2D eigenvalue weighted by atomic mass is 10.2. The van der Waals surface area contributed by atoms with E-state index in [0.29, 0.717) is 34.9 Å². The molecule has 132 valence electrons. The highest BCUT2D eigenvalue weighted by Gasteiger charge is 2.26. The second-order valence-electron chi connectivity index (χ2n) is 5.70. The summed E-state index contributed by atoms with van der Waals surface area (Å²) in [4.78, 5) is 12.3.